The van der Waals surface area contributed by atoms with Gasteiger partial charge in [-0.25, -0.2) is 14.4 Å². The first-order valence-corrected chi connectivity index (χ1v) is 7.88. The van der Waals surface area contributed by atoms with Crippen molar-refractivity contribution in [3.8, 4) is 0 Å². The molecule has 0 radical (unpaired) electrons. The second-order valence-corrected chi connectivity index (χ2v) is 5.44. The molecule has 0 aliphatic rings. The number of primary amides is 1. The molecule has 0 aliphatic carbocycles. The third kappa shape index (κ3) is 8.20. The summed E-state index contributed by atoms with van der Waals surface area (Å²) in [6.45, 7) is 0. The molecule has 0 fully saturated rings. The van der Waals surface area contributed by atoms with Crippen molar-refractivity contribution in [1.29, 1.82) is 0 Å². The van der Waals surface area contributed by atoms with Crippen molar-refractivity contribution in [2.45, 2.75) is 18.4 Å². The third-order valence-electron chi connectivity index (χ3n) is 3.20. The lowest BCUT2D eigenvalue weighted by Gasteiger charge is -2.18. The van der Waals surface area contributed by atoms with Gasteiger partial charge in [-0.2, -0.15) is 26.3 Å². The molecule has 0 heterocycles. The Morgan fingerprint density at radius 2 is 1.07 bits per heavy atom. The first-order valence-electron chi connectivity index (χ1n) is 7.88. The average Bonchev–Trinajstić information content (AvgIpc) is 2.66. The van der Waals surface area contributed by atoms with E-state index in [4.69, 9.17) is 5.73 Å². The fraction of sp³-hybridized carbons (Fsp3) is 0.167. The number of urea groups is 1. The van der Waals surface area contributed by atoms with E-state index in [9.17, 15) is 40.7 Å². The van der Waals surface area contributed by atoms with E-state index in [-0.39, 0.29) is 6.04 Å². The van der Waals surface area contributed by atoms with Gasteiger partial charge in [0, 0.05) is 0 Å². The van der Waals surface area contributed by atoms with Crippen molar-refractivity contribution in [1.82, 2.24) is 5.32 Å². The van der Waals surface area contributed by atoms with Crippen LogP contribution < -0.4 is 11.1 Å². The lowest BCUT2D eigenvalue weighted by Crippen LogP contribution is -2.34. The highest BCUT2D eigenvalue weighted by atomic mass is 19.4. The zero-order valence-electron chi connectivity index (χ0n) is 14.8. The Hall–Kier alpha value is -3.57. The number of carbonyl (C=O) groups is 3. The molecule has 2 aromatic rings. The van der Waals surface area contributed by atoms with Crippen LogP contribution in [0.5, 0.6) is 0 Å². The van der Waals surface area contributed by atoms with Gasteiger partial charge >= 0.3 is 30.3 Å². The van der Waals surface area contributed by atoms with Gasteiger partial charge in [0.1, 0.15) is 0 Å². The van der Waals surface area contributed by atoms with Crippen molar-refractivity contribution < 1.29 is 45.5 Å². The minimum absolute atomic E-state index is 0.199. The van der Waals surface area contributed by atoms with Crippen LogP contribution in [-0.4, -0.2) is 30.3 Å². The lowest BCUT2D eigenvalue weighted by atomic mass is 9.99. The molecule has 12 heteroatoms. The monoisotopic (exact) mass is 436 g/mol. The fourth-order valence-electron chi connectivity index (χ4n) is 1.99. The smallest absolute Gasteiger partial charge is 0.380 e. The summed E-state index contributed by atoms with van der Waals surface area (Å²) in [5.41, 5.74) is 7.24. The summed E-state index contributed by atoms with van der Waals surface area (Å²) >= 11 is 0. The zero-order chi connectivity index (χ0) is 22.9. The molecule has 0 spiro atoms. The molecule has 0 unspecified atom stereocenters. The molecule has 0 aliphatic heterocycles. The molecule has 0 aromatic heterocycles. The number of alkyl halides is 6. The molecule has 30 heavy (non-hydrogen) atoms. The van der Waals surface area contributed by atoms with Crippen LogP contribution in [0.15, 0.2) is 60.7 Å². The summed E-state index contributed by atoms with van der Waals surface area (Å²) in [6, 6.07) is 18.8. The molecule has 2 amide bonds. The van der Waals surface area contributed by atoms with Gasteiger partial charge in [-0.1, -0.05) is 60.7 Å². The number of nitrogens with one attached hydrogen (secondary N) is 1. The molecule has 2 rings (SSSR count). The Morgan fingerprint density at radius 1 is 0.733 bits per heavy atom. The summed E-state index contributed by atoms with van der Waals surface area (Å²) in [7, 11) is 0. The highest BCUT2D eigenvalue weighted by molar-refractivity contribution is 5.90. The van der Waals surface area contributed by atoms with Crippen LogP contribution >= 0.6 is 0 Å². The van der Waals surface area contributed by atoms with Gasteiger partial charge in [-0.3, -0.25) is 0 Å². The molecular formula is C18H14F6N2O4. The minimum atomic E-state index is -5.62. The van der Waals surface area contributed by atoms with Gasteiger partial charge in [-0.05, 0) is 11.1 Å². The summed E-state index contributed by atoms with van der Waals surface area (Å²) in [5, 5.41) is 2.75. The molecule has 0 atom stereocenters. The number of hydrogen-bond donors (Lipinski definition) is 2. The molecule has 6 nitrogen and oxygen atoms in total. The Morgan fingerprint density at radius 3 is 1.33 bits per heavy atom. The second kappa shape index (κ2) is 10.3. The van der Waals surface area contributed by atoms with Crippen LogP contribution in [0.4, 0.5) is 31.1 Å². The van der Waals surface area contributed by atoms with E-state index in [2.05, 4.69) is 10.1 Å². The first kappa shape index (κ1) is 24.5. The number of halogens is 6. The second-order valence-electron chi connectivity index (χ2n) is 5.44. The van der Waals surface area contributed by atoms with Crippen LogP contribution in [-0.2, 0) is 14.3 Å². The number of esters is 2. The molecule has 2 aromatic carbocycles. The Bertz CT molecular complexity index is 791. The third-order valence-corrected chi connectivity index (χ3v) is 3.20. The highest BCUT2D eigenvalue weighted by Gasteiger charge is 2.49. The van der Waals surface area contributed by atoms with E-state index >= 15 is 0 Å². The molecule has 0 bridgehead atoms. The molecule has 0 saturated heterocycles. The van der Waals surface area contributed by atoms with Crippen LogP contribution in [0.2, 0.25) is 0 Å². The van der Waals surface area contributed by atoms with Crippen molar-refractivity contribution >= 4 is 18.0 Å². The number of rotatable bonds is 3. The summed E-state index contributed by atoms with van der Waals surface area (Å²) in [5.74, 6) is -6.40. The number of hydrogen-bond acceptors (Lipinski definition) is 4. The lowest BCUT2D eigenvalue weighted by molar-refractivity contribution is -0.221. The predicted molar refractivity (Wildman–Crippen MR) is 90.7 cm³/mol. The van der Waals surface area contributed by atoms with Crippen molar-refractivity contribution in [3.63, 3.8) is 0 Å². The maximum atomic E-state index is 11.2. The highest BCUT2D eigenvalue weighted by Crippen LogP contribution is 2.22. The van der Waals surface area contributed by atoms with Gasteiger partial charge in [0.05, 0.1) is 6.04 Å². The topological polar surface area (TPSA) is 98.5 Å². The van der Waals surface area contributed by atoms with Crippen molar-refractivity contribution in [3.05, 3.63) is 71.8 Å². The maximum Gasteiger partial charge on any atom is 0.491 e. The van der Waals surface area contributed by atoms with E-state index in [0.717, 1.165) is 11.1 Å². The van der Waals surface area contributed by atoms with Crippen molar-refractivity contribution in [2.24, 2.45) is 5.73 Å². The van der Waals surface area contributed by atoms with E-state index in [1.807, 2.05) is 60.7 Å². The number of amides is 2. The molecular weight excluding hydrogens is 422 g/mol. The van der Waals surface area contributed by atoms with E-state index in [1.54, 1.807) is 0 Å². The van der Waals surface area contributed by atoms with Crippen LogP contribution in [0, 0.1) is 0 Å². The summed E-state index contributed by atoms with van der Waals surface area (Å²) in [6.07, 6.45) is -11.2. The largest absolute Gasteiger partial charge is 0.491 e. The number of benzene rings is 2. The van der Waals surface area contributed by atoms with Gasteiger partial charge in [-0.15, -0.1) is 0 Å². The quantitative estimate of drug-likeness (QED) is 0.436. The minimum Gasteiger partial charge on any atom is -0.380 e. The maximum absolute atomic E-state index is 11.2. The van der Waals surface area contributed by atoms with Crippen LogP contribution in [0.25, 0.3) is 0 Å². The van der Waals surface area contributed by atoms with Gasteiger partial charge in [0.25, 0.3) is 0 Å². The number of nitrogens with two attached hydrogens (primary N) is 1. The summed E-state index contributed by atoms with van der Waals surface area (Å²) < 4.78 is 69.7. The number of carbonyl (C=O) groups excluding carboxylic acids is 3. The molecule has 162 valence electrons. The average molecular weight is 436 g/mol. The van der Waals surface area contributed by atoms with Crippen molar-refractivity contribution in [2.75, 3.05) is 0 Å². The normalized spacial score (nSPS) is 11.2. The van der Waals surface area contributed by atoms with Gasteiger partial charge in [0.15, 0.2) is 0 Å². The number of ether oxygens (including phenoxy) is 1. The Balaban J connectivity index is 0.000000314. The van der Waals surface area contributed by atoms with Crippen LogP contribution in [0.1, 0.15) is 17.2 Å². The van der Waals surface area contributed by atoms with E-state index in [1.165, 1.54) is 0 Å². The first-order chi connectivity index (χ1) is 13.8. The summed E-state index contributed by atoms with van der Waals surface area (Å²) in [4.78, 5) is 30.4. The van der Waals surface area contributed by atoms with Gasteiger partial charge in [0.2, 0.25) is 0 Å². The molecule has 3 N–H and O–H groups in total. The zero-order valence-corrected chi connectivity index (χ0v) is 14.8. The Labute approximate surface area is 165 Å². The fourth-order valence-corrected chi connectivity index (χ4v) is 1.99. The van der Waals surface area contributed by atoms with E-state index in [0.29, 0.717) is 0 Å². The van der Waals surface area contributed by atoms with Gasteiger partial charge < -0.3 is 15.8 Å². The predicted octanol–water partition coefficient (Wildman–Crippen LogP) is 3.63. The Kier molecular flexibility index (Phi) is 8.38. The molecule has 0 saturated carbocycles. The van der Waals surface area contributed by atoms with E-state index < -0.39 is 30.3 Å². The SMILES string of the molecule is NC(=O)NC(c1ccccc1)c1ccccc1.O=C(OC(=O)C(F)(F)F)C(F)(F)F. The standard InChI is InChI=1S/C14H14N2O.C4F6O3/c15-14(17)16-13(11-7-3-1-4-8-11)12-9-5-2-6-10-12;5-3(6,7)1(11)13-2(12)4(8,9)10/h1-10,13H,(H3,15,16,17);. The van der Waals surface area contributed by atoms with Crippen LogP contribution in [0.3, 0.4) is 0 Å².